The minimum absolute atomic E-state index is 0.0238. The normalized spacial score (nSPS) is 11.6. The first-order valence-corrected chi connectivity index (χ1v) is 5.27. The van der Waals surface area contributed by atoms with Crippen LogP contribution in [0.25, 0.3) is 0 Å². The predicted octanol–water partition coefficient (Wildman–Crippen LogP) is 1.24. The van der Waals surface area contributed by atoms with Crippen LogP contribution in [0.15, 0.2) is 18.2 Å². The smallest absolute Gasteiger partial charge is 0.326 e. The number of carboxylic acids is 2. The molecule has 102 valence electrons. The molecule has 1 aromatic carbocycles. The minimum atomic E-state index is -1.43. The Kier molecular flexibility index (Phi) is 4.41. The van der Waals surface area contributed by atoms with E-state index in [0.29, 0.717) is 5.56 Å². The number of benzene rings is 1. The average molecular weight is 268 g/mol. The first-order chi connectivity index (χ1) is 8.81. The first kappa shape index (κ1) is 14.4. The maximum absolute atomic E-state index is 10.9. The van der Waals surface area contributed by atoms with Gasteiger partial charge in [0, 0.05) is 6.07 Å². The quantitative estimate of drug-likeness (QED) is 0.522. The van der Waals surface area contributed by atoms with E-state index in [0.717, 1.165) is 0 Å². The number of nitro groups is 1. The van der Waals surface area contributed by atoms with Crippen molar-refractivity contribution in [3.05, 3.63) is 33.9 Å². The predicted molar refractivity (Wildman–Crippen MR) is 65.1 cm³/mol. The van der Waals surface area contributed by atoms with Gasteiger partial charge < -0.3 is 15.5 Å². The van der Waals surface area contributed by atoms with E-state index in [-0.39, 0.29) is 11.4 Å². The van der Waals surface area contributed by atoms with Gasteiger partial charge in [-0.15, -0.1) is 0 Å². The van der Waals surface area contributed by atoms with Gasteiger partial charge in [0.25, 0.3) is 5.69 Å². The number of anilines is 1. The molecule has 1 atom stereocenters. The Balaban J connectivity index is 3.05. The van der Waals surface area contributed by atoms with E-state index in [2.05, 4.69) is 5.32 Å². The summed E-state index contributed by atoms with van der Waals surface area (Å²) in [5, 5.41) is 30.7. The molecule has 1 unspecified atom stereocenters. The zero-order chi connectivity index (χ0) is 14.6. The Hall–Kier alpha value is -2.64. The Morgan fingerprint density at radius 2 is 2.05 bits per heavy atom. The molecule has 0 aliphatic carbocycles. The summed E-state index contributed by atoms with van der Waals surface area (Å²) in [6.07, 6.45) is -0.680. The third-order valence-corrected chi connectivity index (χ3v) is 2.36. The highest BCUT2D eigenvalue weighted by atomic mass is 16.6. The monoisotopic (exact) mass is 268 g/mol. The molecule has 0 aliphatic heterocycles. The lowest BCUT2D eigenvalue weighted by molar-refractivity contribution is -0.384. The van der Waals surface area contributed by atoms with Crippen molar-refractivity contribution in [2.24, 2.45) is 0 Å². The average Bonchev–Trinajstić information content (AvgIpc) is 2.29. The zero-order valence-electron chi connectivity index (χ0n) is 9.99. The minimum Gasteiger partial charge on any atom is -0.481 e. The summed E-state index contributed by atoms with van der Waals surface area (Å²) in [4.78, 5) is 31.6. The maximum Gasteiger partial charge on any atom is 0.326 e. The molecule has 0 heterocycles. The van der Waals surface area contributed by atoms with Crippen molar-refractivity contribution in [2.75, 3.05) is 5.32 Å². The molecule has 0 amide bonds. The number of nitrogens with zero attached hydrogens (tertiary/aromatic N) is 1. The number of nitrogens with one attached hydrogen (secondary N) is 1. The van der Waals surface area contributed by atoms with E-state index in [1.165, 1.54) is 12.1 Å². The Labute approximate surface area is 107 Å². The zero-order valence-corrected chi connectivity index (χ0v) is 9.99. The van der Waals surface area contributed by atoms with Crippen LogP contribution in [0.2, 0.25) is 0 Å². The summed E-state index contributed by atoms with van der Waals surface area (Å²) in [5.41, 5.74) is 0.322. The number of aliphatic carboxylic acids is 2. The molecular formula is C11H12N2O6. The third-order valence-electron chi connectivity index (χ3n) is 2.36. The van der Waals surface area contributed by atoms with Gasteiger partial charge in [-0.1, -0.05) is 6.07 Å². The van der Waals surface area contributed by atoms with Crippen molar-refractivity contribution in [3.63, 3.8) is 0 Å². The van der Waals surface area contributed by atoms with Gasteiger partial charge in [0.15, 0.2) is 0 Å². The Bertz CT molecular complexity index is 528. The molecule has 8 heteroatoms. The molecule has 0 saturated carbocycles. The number of hydrogen-bond donors (Lipinski definition) is 3. The lowest BCUT2D eigenvalue weighted by Crippen LogP contribution is -2.32. The van der Waals surface area contributed by atoms with Crippen molar-refractivity contribution < 1.29 is 24.7 Å². The number of carboxylic acid groups (broad SMARTS) is 2. The highest BCUT2D eigenvalue weighted by Gasteiger charge is 2.24. The summed E-state index contributed by atoms with van der Waals surface area (Å²) in [6.45, 7) is 1.66. The summed E-state index contributed by atoms with van der Waals surface area (Å²) < 4.78 is 0. The summed E-state index contributed by atoms with van der Waals surface area (Å²) in [5.74, 6) is -2.70. The van der Waals surface area contributed by atoms with Gasteiger partial charge in [-0.3, -0.25) is 14.9 Å². The fourth-order valence-corrected chi connectivity index (χ4v) is 1.48. The fourth-order valence-electron chi connectivity index (χ4n) is 1.48. The van der Waals surface area contributed by atoms with Crippen LogP contribution in [0.4, 0.5) is 11.4 Å². The molecule has 0 aliphatic rings. The largest absolute Gasteiger partial charge is 0.481 e. The second kappa shape index (κ2) is 5.80. The van der Waals surface area contributed by atoms with Crippen molar-refractivity contribution in [3.8, 4) is 0 Å². The van der Waals surface area contributed by atoms with E-state index in [9.17, 15) is 19.7 Å². The standard InChI is InChI=1S/C11H12N2O6/c1-6-2-3-7(9(4-6)13(18)19)12-8(11(16)17)5-10(14)15/h2-4,8,12H,5H2,1H3,(H,14,15)(H,16,17). The van der Waals surface area contributed by atoms with Crippen LogP contribution < -0.4 is 5.32 Å². The van der Waals surface area contributed by atoms with Gasteiger partial charge in [0.1, 0.15) is 11.7 Å². The molecule has 0 fully saturated rings. The van der Waals surface area contributed by atoms with Crippen LogP contribution >= 0.6 is 0 Å². The highest BCUT2D eigenvalue weighted by Crippen LogP contribution is 2.26. The molecule has 0 aromatic heterocycles. The van der Waals surface area contributed by atoms with E-state index in [1.54, 1.807) is 13.0 Å². The summed E-state index contributed by atoms with van der Waals surface area (Å²) in [7, 11) is 0. The second-order valence-corrected chi connectivity index (χ2v) is 3.91. The molecule has 0 radical (unpaired) electrons. The van der Waals surface area contributed by atoms with Crippen LogP contribution in [0, 0.1) is 17.0 Å². The van der Waals surface area contributed by atoms with E-state index >= 15 is 0 Å². The first-order valence-electron chi connectivity index (χ1n) is 5.27. The van der Waals surface area contributed by atoms with Gasteiger partial charge in [0.2, 0.25) is 0 Å². The number of hydrogen-bond acceptors (Lipinski definition) is 5. The number of carbonyl (C=O) groups is 2. The lowest BCUT2D eigenvalue weighted by atomic mass is 10.1. The van der Waals surface area contributed by atoms with Crippen molar-refractivity contribution in [2.45, 2.75) is 19.4 Å². The Morgan fingerprint density at radius 1 is 1.42 bits per heavy atom. The molecule has 3 N–H and O–H groups in total. The molecule has 0 bridgehead atoms. The topological polar surface area (TPSA) is 130 Å². The highest BCUT2D eigenvalue weighted by molar-refractivity contribution is 5.84. The van der Waals surface area contributed by atoms with Crippen LogP contribution in [-0.2, 0) is 9.59 Å². The summed E-state index contributed by atoms with van der Waals surface area (Å²) >= 11 is 0. The molecule has 0 spiro atoms. The van der Waals surface area contributed by atoms with Gasteiger partial charge in [0.05, 0.1) is 11.3 Å². The Morgan fingerprint density at radius 3 is 2.53 bits per heavy atom. The summed E-state index contributed by atoms with van der Waals surface area (Å²) in [6, 6.07) is 2.77. The van der Waals surface area contributed by atoms with Gasteiger partial charge in [-0.2, -0.15) is 0 Å². The molecular weight excluding hydrogens is 256 g/mol. The van der Waals surface area contributed by atoms with E-state index in [1.807, 2.05) is 0 Å². The van der Waals surface area contributed by atoms with Crippen LogP contribution in [0.5, 0.6) is 0 Å². The van der Waals surface area contributed by atoms with Crippen LogP contribution in [-0.4, -0.2) is 33.1 Å². The van der Waals surface area contributed by atoms with Gasteiger partial charge in [-0.05, 0) is 18.6 Å². The lowest BCUT2D eigenvalue weighted by Gasteiger charge is -2.14. The fraction of sp³-hybridized carbons (Fsp3) is 0.273. The van der Waals surface area contributed by atoms with Crippen LogP contribution in [0.3, 0.4) is 0 Å². The van der Waals surface area contributed by atoms with E-state index < -0.39 is 29.3 Å². The third kappa shape index (κ3) is 3.95. The van der Waals surface area contributed by atoms with Gasteiger partial charge in [-0.25, -0.2) is 4.79 Å². The molecule has 1 aromatic rings. The number of rotatable bonds is 6. The maximum atomic E-state index is 10.9. The van der Waals surface area contributed by atoms with Crippen molar-refractivity contribution >= 4 is 23.3 Å². The van der Waals surface area contributed by atoms with Crippen LogP contribution in [0.1, 0.15) is 12.0 Å². The SMILES string of the molecule is Cc1ccc(NC(CC(=O)O)C(=O)O)c([N+](=O)[O-])c1. The molecule has 1 rings (SSSR count). The van der Waals surface area contributed by atoms with E-state index in [4.69, 9.17) is 10.2 Å². The van der Waals surface area contributed by atoms with Crippen molar-refractivity contribution in [1.82, 2.24) is 0 Å². The van der Waals surface area contributed by atoms with Gasteiger partial charge >= 0.3 is 11.9 Å². The molecule has 0 saturated heterocycles. The molecule has 19 heavy (non-hydrogen) atoms. The molecule has 8 nitrogen and oxygen atoms in total. The number of aryl methyl sites for hydroxylation is 1. The number of nitro benzene ring substituents is 1. The second-order valence-electron chi connectivity index (χ2n) is 3.91. The van der Waals surface area contributed by atoms with Crippen molar-refractivity contribution in [1.29, 1.82) is 0 Å².